The summed E-state index contributed by atoms with van der Waals surface area (Å²) in [6.07, 6.45) is -5.53. The Morgan fingerprint density at radius 2 is 1.22 bits per heavy atom. The zero-order valence-corrected chi connectivity index (χ0v) is 16.9. The molecular formula is C18H24B2O12. The first kappa shape index (κ1) is 27.5. The van der Waals surface area contributed by atoms with E-state index in [1.807, 2.05) is 0 Å². The van der Waals surface area contributed by atoms with Gasteiger partial charge in [0, 0.05) is 12.2 Å². The maximum Gasteiger partial charge on any atom is 0.499 e. The molecular weight excluding hydrogens is 430 g/mol. The Labute approximate surface area is 184 Å². The van der Waals surface area contributed by atoms with Crippen LogP contribution in [0.15, 0.2) is 49.6 Å². The van der Waals surface area contributed by atoms with Gasteiger partial charge in [0.2, 0.25) is 12.6 Å². The number of carbonyl (C=O) groups excluding carboxylic acids is 2. The third-order valence-electron chi connectivity index (χ3n) is 3.82. The van der Waals surface area contributed by atoms with E-state index in [0.717, 1.165) is 12.2 Å². The second-order valence-corrected chi connectivity index (χ2v) is 6.16. The molecule has 0 aliphatic carbocycles. The van der Waals surface area contributed by atoms with Crippen molar-refractivity contribution in [2.75, 3.05) is 13.2 Å². The van der Waals surface area contributed by atoms with Gasteiger partial charge in [-0.2, -0.15) is 0 Å². The third-order valence-corrected chi connectivity index (χ3v) is 3.82. The van der Waals surface area contributed by atoms with E-state index < -0.39 is 64.2 Å². The number of ether oxygens (including phenoxy) is 2. The number of hydrogen-bond acceptors (Lipinski definition) is 12. The molecule has 0 saturated carbocycles. The van der Waals surface area contributed by atoms with Gasteiger partial charge in [-0.1, -0.05) is 37.4 Å². The quantitative estimate of drug-likeness (QED) is 0.0691. The monoisotopic (exact) mass is 454 g/mol. The molecule has 4 atom stereocenters. The Hall–Kier alpha value is -2.55. The summed E-state index contributed by atoms with van der Waals surface area (Å²) in [5.41, 5.74) is 0.214. The zero-order chi connectivity index (χ0) is 24.3. The van der Waals surface area contributed by atoms with E-state index in [-0.39, 0.29) is 10.9 Å². The van der Waals surface area contributed by atoms with Gasteiger partial charge in [0.15, 0.2) is 0 Å². The van der Waals surface area contributed by atoms with E-state index in [9.17, 15) is 40.1 Å². The molecule has 14 heteroatoms. The molecule has 4 unspecified atom stereocenters. The standard InChI is InChI=1S/C18H24B2O12/c1-3-15(25)29-17(13(23)9-21)31-20(12-7-5-11(6-8-12)19(27)28)32-18(14(24)10-22)30-16(26)4-2/h3-8,13-14,17-18,21-24,27-28H,1-2,9-10H2. The molecule has 1 aromatic rings. The fraction of sp³-hybridized carbons (Fsp3) is 0.333. The largest absolute Gasteiger partial charge is 0.499 e. The smallest absolute Gasteiger partial charge is 0.431 e. The van der Waals surface area contributed by atoms with Crippen LogP contribution in [0.1, 0.15) is 0 Å². The first-order valence-corrected chi connectivity index (χ1v) is 9.17. The lowest BCUT2D eigenvalue weighted by molar-refractivity contribution is -0.195. The zero-order valence-electron chi connectivity index (χ0n) is 16.9. The normalized spacial score (nSPS) is 14.4. The van der Waals surface area contributed by atoms with Crippen LogP contribution < -0.4 is 10.9 Å². The van der Waals surface area contributed by atoms with Crippen molar-refractivity contribution in [2.24, 2.45) is 0 Å². The molecule has 0 spiro atoms. The minimum Gasteiger partial charge on any atom is -0.431 e. The highest BCUT2D eigenvalue weighted by Crippen LogP contribution is 2.11. The lowest BCUT2D eigenvalue weighted by Gasteiger charge is -2.29. The second-order valence-electron chi connectivity index (χ2n) is 6.16. The lowest BCUT2D eigenvalue weighted by atomic mass is 9.74. The summed E-state index contributed by atoms with van der Waals surface area (Å²) in [4.78, 5) is 23.2. The Morgan fingerprint density at radius 1 is 0.844 bits per heavy atom. The molecule has 32 heavy (non-hydrogen) atoms. The van der Waals surface area contributed by atoms with Gasteiger partial charge in [-0.3, -0.25) is 0 Å². The number of esters is 2. The van der Waals surface area contributed by atoms with Gasteiger partial charge >= 0.3 is 26.2 Å². The molecule has 0 radical (unpaired) electrons. The Morgan fingerprint density at radius 3 is 1.53 bits per heavy atom. The van der Waals surface area contributed by atoms with Gasteiger partial charge in [0.25, 0.3) is 0 Å². The first-order valence-electron chi connectivity index (χ1n) is 9.17. The molecule has 12 nitrogen and oxygen atoms in total. The summed E-state index contributed by atoms with van der Waals surface area (Å²) >= 11 is 0. The highest BCUT2D eigenvalue weighted by molar-refractivity contribution is 6.62. The number of aliphatic hydroxyl groups excluding tert-OH is 4. The summed E-state index contributed by atoms with van der Waals surface area (Å²) in [6, 6.07) is 5.16. The minimum atomic E-state index is -1.80. The summed E-state index contributed by atoms with van der Waals surface area (Å²) in [5.74, 6) is -2.02. The molecule has 174 valence electrons. The maximum absolute atomic E-state index is 11.6. The summed E-state index contributed by atoms with van der Waals surface area (Å²) in [6.45, 7) is 4.65. The van der Waals surface area contributed by atoms with Crippen LogP contribution >= 0.6 is 0 Å². The van der Waals surface area contributed by atoms with Gasteiger partial charge in [-0.15, -0.1) is 0 Å². The topological polar surface area (TPSA) is 192 Å². The molecule has 0 aliphatic heterocycles. The van der Waals surface area contributed by atoms with Crippen molar-refractivity contribution < 1.29 is 58.8 Å². The summed E-state index contributed by atoms with van der Waals surface area (Å²) in [7, 11) is -3.41. The van der Waals surface area contributed by atoms with Crippen LogP contribution in [0.25, 0.3) is 0 Å². The van der Waals surface area contributed by atoms with Gasteiger partial charge in [0.1, 0.15) is 12.2 Å². The molecule has 1 rings (SSSR count). The van der Waals surface area contributed by atoms with E-state index in [2.05, 4.69) is 13.2 Å². The van der Waals surface area contributed by atoms with Crippen LogP contribution in [0.2, 0.25) is 0 Å². The number of benzene rings is 1. The molecule has 0 aliphatic rings. The van der Waals surface area contributed by atoms with Crippen LogP contribution in [0, 0.1) is 0 Å². The molecule has 0 heterocycles. The van der Waals surface area contributed by atoms with Crippen molar-refractivity contribution in [3.63, 3.8) is 0 Å². The molecule has 0 fully saturated rings. The van der Waals surface area contributed by atoms with Crippen molar-refractivity contribution in [1.82, 2.24) is 0 Å². The molecule has 0 aromatic heterocycles. The SMILES string of the molecule is C=CC(=O)OC(OB(OC(OC(=O)C=C)C(O)CO)c1ccc(B(O)O)cc1)C(O)CO. The predicted molar refractivity (Wildman–Crippen MR) is 110 cm³/mol. The molecule has 6 N–H and O–H groups in total. The number of carbonyl (C=O) groups is 2. The summed E-state index contributed by atoms with van der Waals surface area (Å²) in [5, 5.41) is 56.9. The Bertz CT molecular complexity index is 719. The van der Waals surface area contributed by atoms with Gasteiger partial charge in [-0.05, 0) is 10.9 Å². The molecule has 0 amide bonds. The molecule has 0 saturated heterocycles. The van der Waals surface area contributed by atoms with Gasteiger partial charge in [0.05, 0.1) is 13.2 Å². The second kappa shape index (κ2) is 13.8. The van der Waals surface area contributed by atoms with E-state index in [1.54, 1.807) is 0 Å². The molecule has 1 aromatic carbocycles. The lowest BCUT2D eigenvalue weighted by Crippen LogP contribution is -2.51. The predicted octanol–water partition coefficient (Wildman–Crippen LogP) is -4.09. The van der Waals surface area contributed by atoms with Crippen molar-refractivity contribution in [2.45, 2.75) is 24.8 Å². The number of rotatable bonds is 14. The third kappa shape index (κ3) is 8.53. The fourth-order valence-electron chi connectivity index (χ4n) is 2.15. The number of hydrogen-bond donors (Lipinski definition) is 6. The van der Waals surface area contributed by atoms with Crippen LogP contribution in [0.4, 0.5) is 0 Å². The van der Waals surface area contributed by atoms with Gasteiger partial charge < -0.3 is 49.3 Å². The Balaban J connectivity index is 3.30. The minimum absolute atomic E-state index is 0.0996. The highest BCUT2D eigenvalue weighted by Gasteiger charge is 2.37. The Kier molecular flexibility index (Phi) is 11.8. The van der Waals surface area contributed by atoms with E-state index >= 15 is 0 Å². The van der Waals surface area contributed by atoms with E-state index in [0.29, 0.717) is 0 Å². The van der Waals surface area contributed by atoms with Crippen molar-refractivity contribution in [1.29, 1.82) is 0 Å². The first-order chi connectivity index (χ1) is 15.2. The van der Waals surface area contributed by atoms with Crippen molar-refractivity contribution in [3.05, 3.63) is 49.6 Å². The average molecular weight is 454 g/mol. The van der Waals surface area contributed by atoms with E-state index in [1.165, 1.54) is 24.3 Å². The van der Waals surface area contributed by atoms with Gasteiger partial charge in [-0.25, -0.2) is 9.59 Å². The van der Waals surface area contributed by atoms with Crippen LogP contribution in [-0.4, -0.2) is 94.7 Å². The highest BCUT2D eigenvalue weighted by atomic mass is 16.8. The average Bonchev–Trinajstić information content (AvgIpc) is 2.80. The summed E-state index contributed by atoms with van der Waals surface area (Å²) < 4.78 is 20.6. The van der Waals surface area contributed by atoms with Crippen LogP contribution in [-0.2, 0) is 28.4 Å². The van der Waals surface area contributed by atoms with Crippen LogP contribution in [0.5, 0.6) is 0 Å². The molecule has 0 bridgehead atoms. The van der Waals surface area contributed by atoms with Crippen molar-refractivity contribution in [3.8, 4) is 0 Å². The van der Waals surface area contributed by atoms with Crippen LogP contribution in [0.3, 0.4) is 0 Å². The fourth-order valence-corrected chi connectivity index (χ4v) is 2.15. The maximum atomic E-state index is 11.6. The number of aliphatic hydroxyl groups is 4. The van der Waals surface area contributed by atoms with Crippen molar-refractivity contribution >= 4 is 37.1 Å². The van der Waals surface area contributed by atoms with E-state index in [4.69, 9.17) is 18.8 Å².